The molecular formula is C21H21NO6. The van der Waals surface area contributed by atoms with E-state index in [1.807, 2.05) is 0 Å². The number of carbonyl (C=O) groups is 2. The molecule has 7 heteroatoms. The summed E-state index contributed by atoms with van der Waals surface area (Å²) in [4.78, 5) is 28.2. The van der Waals surface area contributed by atoms with Crippen molar-refractivity contribution >= 4 is 11.6 Å². The summed E-state index contributed by atoms with van der Waals surface area (Å²) in [7, 11) is 0. The molecule has 146 valence electrons. The maximum atomic E-state index is 13.1. The van der Waals surface area contributed by atoms with Crippen LogP contribution in [0, 0.1) is 0 Å². The largest absolute Gasteiger partial charge is 0.507 e. The Bertz CT molecular complexity index is 933. The molecule has 0 unspecified atom stereocenters. The van der Waals surface area contributed by atoms with E-state index in [0.29, 0.717) is 26.4 Å². The third kappa shape index (κ3) is 3.17. The van der Waals surface area contributed by atoms with Crippen molar-refractivity contribution in [2.75, 3.05) is 39.5 Å². The normalized spacial score (nSPS) is 16.6. The maximum Gasteiger partial charge on any atom is 0.198 e. The van der Waals surface area contributed by atoms with Crippen LogP contribution in [0.5, 0.6) is 11.5 Å². The van der Waals surface area contributed by atoms with Gasteiger partial charge in [0.05, 0.1) is 30.9 Å². The summed E-state index contributed by atoms with van der Waals surface area (Å²) < 4.78 is 11.2. The fraction of sp³-hybridized carbons (Fsp3) is 0.333. The van der Waals surface area contributed by atoms with Crippen molar-refractivity contribution in [3.63, 3.8) is 0 Å². The van der Waals surface area contributed by atoms with Crippen molar-refractivity contribution in [2.24, 2.45) is 0 Å². The number of hydrogen-bond acceptors (Lipinski definition) is 7. The van der Waals surface area contributed by atoms with Gasteiger partial charge in [0.15, 0.2) is 11.6 Å². The van der Waals surface area contributed by atoms with Crippen LogP contribution in [-0.2, 0) is 11.3 Å². The standard InChI is InChI=1S/C21H21NO6/c23-12-13-11-16(28-10-7-22-5-8-27-9-6-22)17-18(19(13)24)21(26)15-4-2-1-3-14(15)20(17)25/h1-4,11,23-24H,5-10,12H2. The minimum Gasteiger partial charge on any atom is -0.507 e. The molecule has 2 aliphatic rings. The summed E-state index contributed by atoms with van der Waals surface area (Å²) in [5.74, 6) is -0.980. The highest BCUT2D eigenvalue weighted by Gasteiger charge is 2.36. The topological polar surface area (TPSA) is 96.3 Å². The van der Waals surface area contributed by atoms with Gasteiger partial charge in [0.2, 0.25) is 0 Å². The molecule has 1 aliphatic heterocycles. The van der Waals surface area contributed by atoms with Gasteiger partial charge in [-0.2, -0.15) is 0 Å². The number of hydrogen-bond donors (Lipinski definition) is 2. The van der Waals surface area contributed by atoms with Crippen molar-refractivity contribution in [3.8, 4) is 11.5 Å². The van der Waals surface area contributed by atoms with Crippen LogP contribution in [0.1, 0.15) is 37.4 Å². The number of fused-ring (bicyclic) bond motifs is 2. The summed E-state index contributed by atoms with van der Waals surface area (Å²) in [6.07, 6.45) is 0. The summed E-state index contributed by atoms with van der Waals surface area (Å²) in [5, 5.41) is 20.1. The zero-order valence-corrected chi connectivity index (χ0v) is 15.3. The number of phenols is 1. The number of nitrogens with zero attached hydrogens (tertiary/aromatic N) is 1. The second-order valence-electron chi connectivity index (χ2n) is 6.80. The molecule has 0 spiro atoms. The fourth-order valence-electron chi connectivity index (χ4n) is 3.64. The number of carbonyl (C=O) groups excluding carboxylic acids is 2. The average Bonchev–Trinajstić information content (AvgIpc) is 2.73. The first-order chi connectivity index (χ1) is 13.6. The molecule has 0 radical (unpaired) electrons. The zero-order chi connectivity index (χ0) is 19.7. The van der Waals surface area contributed by atoms with Gasteiger partial charge in [-0.1, -0.05) is 24.3 Å². The minimum absolute atomic E-state index is 0.0559. The van der Waals surface area contributed by atoms with Gasteiger partial charge >= 0.3 is 0 Å². The molecule has 1 saturated heterocycles. The molecule has 1 heterocycles. The number of aromatic hydroxyl groups is 1. The molecule has 0 amide bonds. The Balaban J connectivity index is 1.69. The Morgan fingerprint density at radius 3 is 2.32 bits per heavy atom. The van der Waals surface area contributed by atoms with Crippen molar-refractivity contribution < 1.29 is 29.3 Å². The lowest BCUT2D eigenvalue weighted by molar-refractivity contribution is 0.0322. The Hall–Kier alpha value is -2.74. The van der Waals surface area contributed by atoms with Crippen LogP contribution in [0.25, 0.3) is 0 Å². The summed E-state index contributed by atoms with van der Waals surface area (Å²) >= 11 is 0. The van der Waals surface area contributed by atoms with Crippen LogP contribution in [0.15, 0.2) is 30.3 Å². The molecule has 4 rings (SSSR count). The molecule has 2 aromatic carbocycles. The molecule has 28 heavy (non-hydrogen) atoms. The van der Waals surface area contributed by atoms with Crippen molar-refractivity contribution in [1.29, 1.82) is 0 Å². The van der Waals surface area contributed by atoms with E-state index >= 15 is 0 Å². The smallest absolute Gasteiger partial charge is 0.198 e. The second-order valence-corrected chi connectivity index (χ2v) is 6.80. The van der Waals surface area contributed by atoms with E-state index in [1.54, 1.807) is 24.3 Å². The monoisotopic (exact) mass is 383 g/mol. The van der Waals surface area contributed by atoms with Gasteiger partial charge in [-0.25, -0.2) is 0 Å². The number of rotatable bonds is 5. The number of ether oxygens (including phenoxy) is 2. The molecule has 1 fully saturated rings. The van der Waals surface area contributed by atoms with Gasteiger partial charge in [0.25, 0.3) is 0 Å². The predicted octanol–water partition coefficient (Wildman–Crippen LogP) is 1.37. The molecule has 0 atom stereocenters. The first-order valence-corrected chi connectivity index (χ1v) is 9.23. The summed E-state index contributed by atoms with van der Waals surface area (Å²) in [6, 6.07) is 7.94. The second kappa shape index (κ2) is 7.71. The van der Waals surface area contributed by atoms with Gasteiger partial charge in [-0.3, -0.25) is 14.5 Å². The minimum atomic E-state index is -0.470. The van der Waals surface area contributed by atoms with Gasteiger partial charge in [-0.15, -0.1) is 0 Å². The number of benzene rings is 2. The van der Waals surface area contributed by atoms with E-state index in [2.05, 4.69) is 4.90 Å². The van der Waals surface area contributed by atoms with Gasteiger partial charge in [-0.05, 0) is 6.07 Å². The summed E-state index contributed by atoms with van der Waals surface area (Å²) in [5.41, 5.74) is 0.636. The average molecular weight is 383 g/mol. The number of morpholine rings is 1. The van der Waals surface area contributed by atoms with Gasteiger partial charge < -0.3 is 19.7 Å². The lowest BCUT2D eigenvalue weighted by atomic mass is 9.82. The Morgan fingerprint density at radius 2 is 1.68 bits per heavy atom. The Labute approximate surface area is 162 Å². The molecule has 1 aliphatic carbocycles. The van der Waals surface area contributed by atoms with Crippen molar-refractivity contribution in [2.45, 2.75) is 6.61 Å². The third-order valence-electron chi connectivity index (χ3n) is 5.15. The Morgan fingerprint density at radius 1 is 1.04 bits per heavy atom. The molecule has 2 N–H and O–H groups in total. The number of aliphatic hydroxyl groups excluding tert-OH is 1. The van der Waals surface area contributed by atoms with E-state index in [-0.39, 0.29) is 45.1 Å². The number of aliphatic hydroxyl groups is 1. The molecule has 7 nitrogen and oxygen atoms in total. The molecular weight excluding hydrogens is 362 g/mol. The van der Waals surface area contributed by atoms with Gasteiger partial charge in [0.1, 0.15) is 18.1 Å². The third-order valence-corrected chi connectivity index (χ3v) is 5.15. The first-order valence-electron chi connectivity index (χ1n) is 9.23. The lowest BCUT2D eigenvalue weighted by Crippen LogP contribution is -2.38. The molecule has 0 saturated carbocycles. The van der Waals surface area contributed by atoms with Crippen LogP contribution in [-0.4, -0.2) is 66.1 Å². The quantitative estimate of drug-likeness (QED) is 0.687. The van der Waals surface area contributed by atoms with Crippen molar-refractivity contribution in [1.82, 2.24) is 4.90 Å². The highest BCUT2D eigenvalue weighted by atomic mass is 16.5. The molecule has 2 aromatic rings. The fourth-order valence-corrected chi connectivity index (χ4v) is 3.64. The van der Waals surface area contributed by atoms with Crippen molar-refractivity contribution in [3.05, 3.63) is 58.1 Å². The Kier molecular flexibility index (Phi) is 5.13. The first kappa shape index (κ1) is 18.6. The van der Waals surface area contributed by atoms with Gasteiger partial charge in [0, 0.05) is 36.3 Å². The van der Waals surface area contributed by atoms with Crippen LogP contribution in [0.3, 0.4) is 0 Å². The predicted molar refractivity (Wildman–Crippen MR) is 100 cm³/mol. The molecule has 0 aromatic heterocycles. The van der Waals surface area contributed by atoms with Crippen LogP contribution < -0.4 is 4.74 Å². The highest BCUT2D eigenvalue weighted by molar-refractivity contribution is 6.30. The zero-order valence-electron chi connectivity index (χ0n) is 15.3. The van der Waals surface area contributed by atoms with E-state index in [4.69, 9.17) is 9.47 Å². The van der Waals surface area contributed by atoms with E-state index in [0.717, 1.165) is 13.1 Å². The van der Waals surface area contributed by atoms with E-state index < -0.39 is 12.4 Å². The highest BCUT2D eigenvalue weighted by Crippen LogP contribution is 2.40. The van der Waals surface area contributed by atoms with Crippen LogP contribution in [0.2, 0.25) is 0 Å². The maximum absolute atomic E-state index is 13.1. The SMILES string of the molecule is O=C1c2ccccc2C(=O)c2c(O)c(CO)cc(OCCN3CCOCC3)c21. The van der Waals surface area contributed by atoms with Crippen LogP contribution >= 0.6 is 0 Å². The number of ketones is 2. The summed E-state index contributed by atoms with van der Waals surface area (Å²) in [6.45, 7) is 3.45. The van der Waals surface area contributed by atoms with Crippen LogP contribution in [0.4, 0.5) is 0 Å². The lowest BCUT2D eigenvalue weighted by Gasteiger charge is -2.27. The van der Waals surface area contributed by atoms with E-state index in [9.17, 15) is 19.8 Å². The molecule has 0 bridgehead atoms. The van der Waals surface area contributed by atoms with E-state index in [1.165, 1.54) is 6.07 Å².